The number of aryl methyl sites for hydroxylation is 3. The lowest BCUT2D eigenvalue weighted by atomic mass is 9.84. The Labute approximate surface area is 228 Å². The Balaban J connectivity index is 1.37. The maximum atomic E-state index is 6.36. The number of aromatic amines is 1. The topological polar surface area (TPSA) is 97.6 Å². The minimum atomic E-state index is 0.0575. The number of H-pyrrole nitrogens is 1. The Morgan fingerprint density at radius 2 is 1.95 bits per heavy atom. The molecule has 0 saturated carbocycles. The van der Waals surface area contributed by atoms with Crippen molar-refractivity contribution < 1.29 is 4.74 Å². The number of benzene rings is 3. The first-order chi connectivity index (χ1) is 19.0. The monoisotopic (exact) mass is 522 g/mol. The highest BCUT2D eigenvalue weighted by molar-refractivity contribution is 5.79. The van der Waals surface area contributed by atoms with E-state index in [0.29, 0.717) is 6.42 Å². The van der Waals surface area contributed by atoms with Crippen molar-refractivity contribution >= 4 is 11.0 Å². The molecule has 2 unspecified atom stereocenters. The lowest BCUT2D eigenvalue weighted by molar-refractivity contribution is 0.139. The van der Waals surface area contributed by atoms with Crippen molar-refractivity contribution in [3.05, 3.63) is 93.8 Å². The van der Waals surface area contributed by atoms with Gasteiger partial charge in [-0.2, -0.15) is 0 Å². The van der Waals surface area contributed by atoms with Crippen LogP contribution in [0.4, 0.5) is 0 Å². The number of para-hydroxylation sites is 1. The summed E-state index contributed by atoms with van der Waals surface area (Å²) in [5, 5.41) is 23.5. The number of ether oxygens (including phenoxy) is 1. The van der Waals surface area contributed by atoms with Gasteiger partial charge in [0.2, 0.25) is 0 Å². The van der Waals surface area contributed by atoms with Crippen molar-refractivity contribution in [2.75, 3.05) is 6.54 Å². The smallest absolute Gasteiger partial charge is 0.149 e. The zero-order valence-electron chi connectivity index (χ0n) is 22.9. The number of nitrogens with zero attached hydrogens (tertiary/aromatic N) is 7. The molecule has 5 aromatic rings. The van der Waals surface area contributed by atoms with E-state index in [1.54, 1.807) is 0 Å². The lowest BCUT2D eigenvalue weighted by Crippen LogP contribution is -2.32. The molecule has 0 spiro atoms. The summed E-state index contributed by atoms with van der Waals surface area (Å²) < 4.78 is 8.17. The molecule has 2 aromatic heterocycles. The SMILES string of the molecule is CCC1CN(Cc2cc(C(Cc3nnn[nH]3)c3ccc4c(nnn4C)c3C)ccc2C)Cc2ccccc2O1. The summed E-state index contributed by atoms with van der Waals surface area (Å²) in [5.74, 6) is 1.82. The van der Waals surface area contributed by atoms with E-state index < -0.39 is 0 Å². The Morgan fingerprint density at radius 1 is 1.08 bits per heavy atom. The molecule has 3 aromatic carbocycles. The molecular formula is C30H34N8O. The molecular weight excluding hydrogens is 488 g/mol. The fourth-order valence-corrected chi connectivity index (χ4v) is 5.70. The average molecular weight is 523 g/mol. The van der Waals surface area contributed by atoms with Crippen molar-refractivity contribution in [2.24, 2.45) is 7.05 Å². The molecule has 0 amide bonds. The highest BCUT2D eigenvalue weighted by Gasteiger charge is 2.25. The summed E-state index contributed by atoms with van der Waals surface area (Å²) in [5.41, 5.74) is 9.37. The van der Waals surface area contributed by atoms with E-state index in [-0.39, 0.29) is 12.0 Å². The molecule has 0 saturated heterocycles. The van der Waals surface area contributed by atoms with Crippen molar-refractivity contribution in [1.82, 2.24) is 40.5 Å². The van der Waals surface area contributed by atoms with E-state index in [1.165, 1.54) is 27.8 Å². The number of hydrogen-bond donors (Lipinski definition) is 1. The number of tetrazole rings is 1. The van der Waals surface area contributed by atoms with E-state index >= 15 is 0 Å². The predicted octanol–water partition coefficient (Wildman–Crippen LogP) is 4.65. The standard InChI is InChI=1S/C30H34N8O/c1-5-24-18-38(16-22-8-6-7-9-28(22)39-24)17-23-14-21(11-10-19(23)2)26(15-29-31-34-35-32-29)25-12-13-27-30(20(25)3)33-36-37(27)4/h6-14,24,26H,5,15-18H2,1-4H3,(H,31,32,34,35). The highest BCUT2D eigenvalue weighted by atomic mass is 16.5. The van der Waals surface area contributed by atoms with Gasteiger partial charge in [0.25, 0.3) is 0 Å². The van der Waals surface area contributed by atoms with Crippen LogP contribution in [-0.4, -0.2) is 53.2 Å². The van der Waals surface area contributed by atoms with E-state index in [2.05, 4.69) is 111 Å². The molecule has 0 fully saturated rings. The van der Waals surface area contributed by atoms with Gasteiger partial charge in [0.05, 0.1) is 5.52 Å². The average Bonchev–Trinajstić information content (AvgIpc) is 3.55. The summed E-state index contributed by atoms with van der Waals surface area (Å²) in [6, 6.07) is 19.6. The van der Waals surface area contributed by atoms with Crippen LogP contribution in [0.3, 0.4) is 0 Å². The van der Waals surface area contributed by atoms with Gasteiger partial charge in [-0.15, -0.1) is 10.2 Å². The number of rotatable bonds is 7. The summed E-state index contributed by atoms with van der Waals surface area (Å²) in [6.07, 6.45) is 1.80. The van der Waals surface area contributed by atoms with E-state index in [0.717, 1.165) is 54.2 Å². The molecule has 3 heterocycles. The van der Waals surface area contributed by atoms with Crippen LogP contribution in [0.15, 0.2) is 54.6 Å². The molecule has 1 aliphatic rings. The fourth-order valence-electron chi connectivity index (χ4n) is 5.70. The van der Waals surface area contributed by atoms with Gasteiger partial charge in [-0.05, 0) is 70.6 Å². The molecule has 0 radical (unpaired) electrons. The van der Waals surface area contributed by atoms with Crippen LogP contribution in [0.2, 0.25) is 0 Å². The fraction of sp³-hybridized carbons (Fsp3) is 0.367. The van der Waals surface area contributed by atoms with E-state index in [4.69, 9.17) is 4.74 Å². The molecule has 200 valence electrons. The minimum absolute atomic E-state index is 0.0575. The summed E-state index contributed by atoms with van der Waals surface area (Å²) in [4.78, 5) is 2.51. The Kier molecular flexibility index (Phi) is 6.83. The van der Waals surface area contributed by atoms with Crippen LogP contribution < -0.4 is 4.74 Å². The van der Waals surface area contributed by atoms with Gasteiger partial charge in [0.15, 0.2) is 0 Å². The zero-order valence-corrected chi connectivity index (χ0v) is 22.9. The van der Waals surface area contributed by atoms with Gasteiger partial charge < -0.3 is 4.74 Å². The predicted molar refractivity (Wildman–Crippen MR) is 149 cm³/mol. The normalized spacial score (nSPS) is 16.6. The van der Waals surface area contributed by atoms with Crippen LogP contribution >= 0.6 is 0 Å². The summed E-state index contributed by atoms with van der Waals surface area (Å²) >= 11 is 0. The van der Waals surface area contributed by atoms with Gasteiger partial charge in [-0.25, -0.2) is 9.78 Å². The molecule has 1 N–H and O–H groups in total. The van der Waals surface area contributed by atoms with Gasteiger partial charge in [-0.1, -0.05) is 54.6 Å². The second-order valence-electron chi connectivity index (χ2n) is 10.6. The van der Waals surface area contributed by atoms with Crippen LogP contribution in [-0.2, 0) is 26.6 Å². The van der Waals surface area contributed by atoms with Crippen molar-refractivity contribution in [2.45, 2.75) is 58.7 Å². The number of aromatic nitrogens is 7. The second-order valence-corrected chi connectivity index (χ2v) is 10.6. The first kappa shape index (κ1) is 25.2. The van der Waals surface area contributed by atoms with Gasteiger partial charge in [0, 0.05) is 44.6 Å². The third kappa shape index (κ3) is 5.02. The summed E-state index contributed by atoms with van der Waals surface area (Å²) in [7, 11) is 1.92. The number of fused-ring (bicyclic) bond motifs is 2. The molecule has 0 aliphatic carbocycles. The van der Waals surface area contributed by atoms with E-state index in [9.17, 15) is 0 Å². The molecule has 6 rings (SSSR count). The Hall–Kier alpha value is -4.11. The lowest BCUT2D eigenvalue weighted by Gasteiger charge is -2.25. The first-order valence-corrected chi connectivity index (χ1v) is 13.6. The maximum Gasteiger partial charge on any atom is 0.149 e. The van der Waals surface area contributed by atoms with Gasteiger partial charge in [-0.3, -0.25) is 4.90 Å². The van der Waals surface area contributed by atoms with Crippen molar-refractivity contribution in [3.8, 4) is 5.75 Å². The van der Waals surface area contributed by atoms with Crippen LogP contribution in [0.5, 0.6) is 5.75 Å². The van der Waals surface area contributed by atoms with Crippen LogP contribution in [0.1, 0.15) is 58.5 Å². The quantitative estimate of drug-likeness (QED) is 0.332. The zero-order chi connectivity index (χ0) is 26.9. The third-order valence-corrected chi connectivity index (χ3v) is 7.99. The first-order valence-electron chi connectivity index (χ1n) is 13.6. The van der Waals surface area contributed by atoms with Crippen molar-refractivity contribution in [3.63, 3.8) is 0 Å². The molecule has 1 aliphatic heterocycles. The Bertz CT molecular complexity index is 1590. The maximum absolute atomic E-state index is 6.36. The van der Waals surface area contributed by atoms with Crippen LogP contribution in [0, 0.1) is 13.8 Å². The molecule has 9 nitrogen and oxygen atoms in total. The van der Waals surface area contributed by atoms with Crippen LogP contribution in [0.25, 0.3) is 11.0 Å². The molecule has 0 bridgehead atoms. The number of hydrogen-bond acceptors (Lipinski definition) is 7. The van der Waals surface area contributed by atoms with Gasteiger partial charge >= 0.3 is 0 Å². The minimum Gasteiger partial charge on any atom is -0.489 e. The van der Waals surface area contributed by atoms with Gasteiger partial charge in [0.1, 0.15) is 23.2 Å². The van der Waals surface area contributed by atoms with E-state index in [1.807, 2.05) is 11.7 Å². The molecule has 9 heteroatoms. The molecule has 39 heavy (non-hydrogen) atoms. The third-order valence-electron chi connectivity index (χ3n) is 7.99. The largest absolute Gasteiger partial charge is 0.489 e. The molecule has 2 atom stereocenters. The highest BCUT2D eigenvalue weighted by Crippen LogP contribution is 2.34. The number of nitrogens with one attached hydrogen (secondary N) is 1. The Morgan fingerprint density at radius 3 is 2.77 bits per heavy atom. The second kappa shape index (κ2) is 10.6. The van der Waals surface area contributed by atoms with Crippen molar-refractivity contribution in [1.29, 1.82) is 0 Å². The summed E-state index contributed by atoms with van der Waals surface area (Å²) in [6.45, 7) is 9.14.